The fraction of sp³-hybridized carbons (Fsp3) is 0.167. The van der Waals surface area contributed by atoms with E-state index in [9.17, 15) is 20.1 Å². The van der Waals surface area contributed by atoms with E-state index in [1.807, 2.05) is 0 Å². The van der Waals surface area contributed by atoms with Crippen LogP contribution in [-0.2, 0) is 11.4 Å². The molecular formula is C18H18O7. The summed E-state index contributed by atoms with van der Waals surface area (Å²) >= 11 is 0. The third kappa shape index (κ3) is 4.02. The summed E-state index contributed by atoms with van der Waals surface area (Å²) < 4.78 is 16.2. The molecule has 0 spiro atoms. The number of hydrogen-bond acceptors (Lipinski definition) is 7. The van der Waals surface area contributed by atoms with Crippen LogP contribution in [-0.4, -0.2) is 35.8 Å². The van der Waals surface area contributed by atoms with Crippen molar-refractivity contribution in [2.24, 2.45) is 0 Å². The molecule has 0 saturated carbocycles. The molecule has 0 aliphatic heterocycles. The third-order valence-electron chi connectivity index (χ3n) is 3.41. The number of phenols is 2. The average molecular weight is 346 g/mol. The number of aliphatic hydroxyl groups is 1. The van der Waals surface area contributed by atoms with E-state index in [1.54, 1.807) is 0 Å². The normalized spacial score (nSPS) is 10.7. The Morgan fingerprint density at radius 2 is 1.64 bits per heavy atom. The van der Waals surface area contributed by atoms with Gasteiger partial charge >= 0.3 is 0 Å². The lowest BCUT2D eigenvalue weighted by Gasteiger charge is -2.16. The molecule has 0 aliphatic carbocycles. The van der Waals surface area contributed by atoms with E-state index in [2.05, 4.69) is 0 Å². The van der Waals surface area contributed by atoms with E-state index in [1.165, 1.54) is 44.6 Å². The first-order chi connectivity index (χ1) is 12.0. The molecule has 7 nitrogen and oxygen atoms in total. The molecule has 2 aromatic rings. The van der Waals surface area contributed by atoms with Crippen LogP contribution in [0, 0.1) is 0 Å². The second-order valence-electron chi connectivity index (χ2n) is 4.94. The molecule has 0 radical (unpaired) electrons. The van der Waals surface area contributed by atoms with E-state index in [4.69, 9.17) is 14.2 Å². The maximum absolute atomic E-state index is 10.5. The van der Waals surface area contributed by atoms with E-state index in [-0.39, 0.29) is 35.2 Å². The number of rotatable bonds is 7. The van der Waals surface area contributed by atoms with Crippen molar-refractivity contribution in [3.8, 4) is 34.5 Å². The van der Waals surface area contributed by atoms with Gasteiger partial charge in [-0.05, 0) is 12.2 Å². The SMILES string of the molecule is COc1cc(Oc2cc(O)cc(O)c2/C=C/C=O)cc(OC)c1CO. The lowest BCUT2D eigenvalue weighted by Crippen LogP contribution is -1.98. The van der Waals surface area contributed by atoms with Crippen LogP contribution in [0.4, 0.5) is 0 Å². The molecule has 0 aliphatic rings. The number of carbonyl (C=O) groups is 1. The van der Waals surface area contributed by atoms with Crippen LogP contribution in [0.25, 0.3) is 6.08 Å². The minimum absolute atomic E-state index is 0.122. The minimum atomic E-state index is -0.285. The Balaban J connectivity index is 2.52. The van der Waals surface area contributed by atoms with Gasteiger partial charge in [-0.25, -0.2) is 0 Å². The number of benzene rings is 2. The van der Waals surface area contributed by atoms with Gasteiger partial charge in [-0.3, -0.25) is 4.79 Å². The van der Waals surface area contributed by atoms with Gasteiger partial charge in [0.05, 0.1) is 32.0 Å². The smallest absolute Gasteiger partial charge is 0.142 e. The Morgan fingerprint density at radius 3 is 2.16 bits per heavy atom. The van der Waals surface area contributed by atoms with Crippen LogP contribution in [0.2, 0.25) is 0 Å². The largest absolute Gasteiger partial charge is 0.508 e. The molecule has 0 atom stereocenters. The van der Waals surface area contributed by atoms with Crippen LogP contribution in [0.15, 0.2) is 30.3 Å². The van der Waals surface area contributed by atoms with Gasteiger partial charge in [0.15, 0.2) is 0 Å². The van der Waals surface area contributed by atoms with Crippen LogP contribution in [0.3, 0.4) is 0 Å². The summed E-state index contributed by atoms with van der Waals surface area (Å²) in [5.74, 6) is 0.659. The Bertz CT molecular complexity index is 771. The average Bonchev–Trinajstić information content (AvgIpc) is 2.60. The van der Waals surface area contributed by atoms with Gasteiger partial charge in [0.1, 0.15) is 40.8 Å². The number of aldehydes is 1. The van der Waals surface area contributed by atoms with Crippen molar-refractivity contribution in [3.63, 3.8) is 0 Å². The Hall–Kier alpha value is -3.19. The zero-order valence-electron chi connectivity index (χ0n) is 13.7. The van der Waals surface area contributed by atoms with Crippen molar-refractivity contribution in [3.05, 3.63) is 41.5 Å². The summed E-state index contributed by atoms with van der Waals surface area (Å²) in [5, 5.41) is 29.1. The maximum atomic E-state index is 10.5. The standard InChI is InChI=1S/C18H18O7/c1-23-16-8-12(9-17(24-2)14(16)10-20)25-18-7-11(21)6-15(22)13(18)4-3-5-19/h3-9,20-22H,10H2,1-2H3/b4-3+. The highest BCUT2D eigenvalue weighted by Crippen LogP contribution is 2.40. The number of methoxy groups -OCH3 is 2. The number of aromatic hydroxyl groups is 2. The second kappa shape index (κ2) is 8.07. The molecule has 132 valence electrons. The number of hydrogen-bond donors (Lipinski definition) is 3. The maximum Gasteiger partial charge on any atom is 0.142 e. The highest BCUT2D eigenvalue weighted by Gasteiger charge is 2.15. The van der Waals surface area contributed by atoms with Gasteiger partial charge in [-0.1, -0.05) is 0 Å². The highest BCUT2D eigenvalue weighted by atomic mass is 16.5. The van der Waals surface area contributed by atoms with Crippen LogP contribution in [0.5, 0.6) is 34.5 Å². The van der Waals surface area contributed by atoms with E-state index < -0.39 is 0 Å². The lowest BCUT2D eigenvalue weighted by molar-refractivity contribution is -0.104. The monoisotopic (exact) mass is 346 g/mol. The first kappa shape index (κ1) is 18.2. The number of phenolic OH excluding ortho intramolecular Hbond substituents is 2. The van der Waals surface area contributed by atoms with Crippen molar-refractivity contribution >= 4 is 12.4 Å². The molecule has 3 N–H and O–H groups in total. The predicted molar refractivity (Wildman–Crippen MR) is 90.4 cm³/mol. The van der Waals surface area contributed by atoms with Gasteiger partial charge in [-0.15, -0.1) is 0 Å². The number of aliphatic hydroxyl groups excluding tert-OH is 1. The van der Waals surface area contributed by atoms with Gasteiger partial charge in [-0.2, -0.15) is 0 Å². The number of allylic oxidation sites excluding steroid dienone is 1. The molecule has 2 rings (SSSR count). The Labute approximate surface area is 144 Å². The van der Waals surface area contributed by atoms with Gasteiger partial charge < -0.3 is 29.5 Å². The van der Waals surface area contributed by atoms with Crippen molar-refractivity contribution < 1.29 is 34.3 Å². The summed E-state index contributed by atoms with van der Waals surface area (Å²) in [4.78, 5) is 10.5. The molecule has 2 aromatic carbocycles. The first-order valence-corrected chi connectivity index (χ1v) is 7.25. The van der Waals surface area contributed by atoms with Gasteiger partial charge in [0.2, 0.25) is 0 Å². The summed E-state index contributed by atoms with van der Waals surface area (Å²) in [6, 6.07) is 5.49. The molecule has 0 saturated heterocycles. The molecule has 0 aromatic heterocycles. The first-order valence-electron chi connectivity index (χ1n) is 7.25. The van der Waals surface area contributed by atoms with Crippen molar-refractivity contribution in [2.75, 3.05) is 14.2 Å². The molecule has 0 bridgehead atoms. The predicted octanol–water partition coefficient (Wildman–Crippen LogP) is 2.61. The van der Waals surface area contributed by atoms with Crippen molar-refractivity contribution in [2.45, 2.75) is 6.61 Å². The Morgan fingerprint density at radius 1 is 1.00 bits per heavy atom. The van der Waals surface area contributed by atoms with E-state index >= 15 is 0 Å². The van der Waals surface area contributed by atoms with Crippen molar-refractivity contribution in [1.29, 1.82) is 0 Å². The number of ether oxygens (including phenoxy) is 3. The van der Waals surface area contributed by atoms with Gasteiger partial charge in [0.25, 0.3) is 0 Å². The summed E-state index contributed by atoms with van der Waals surface area (Å²) in [7, 11) is 2.88. The zero-order valence-corrected chi connectivity index (χ0v) is 13.7. The fourth-order valence-electron chi connectivity index (χ4n) is 2.29. The van der Waals surface area contributed by atoms with Crippen molar-refractivity contribution in [1.82, 2.24) is 0 Å². The van der Waals surface area contributed by atoms with Crippen LogP contribution < -0.4 is 14.2 Å². The Kier molecular flexibility index (Phi) is 5.86. The summed E-state index contributed by atoms with van der Waals surface area (Å²) in [5.41, 5.74) is 0.672. The molecule has 7 heteroatoms. The minimum Gasteiger partial charge on any atom is -0.508 e. The lowest BCUT2D eigenvalue weighted by atomic mass is 10.1. The quantitative estimate of drug-likeness (QED) is 0.523. The molecule has 0 amide bonds. The molecule has 0 heterocycles. The molecule has 0 fully saturated rings. The van der Waals surface area contributed by atoms with Gasteiger partial charge in [0, 0.05) is 24.3 Å². The second-order valence-corrected chi connectivity index (χ2v) is 4.94. The molecule has 25 heavy (non-hydrogen) atoms. The molecular weight excluding hydrogens is 328 g/mol. The fourth-order valence-corrected chi connectivity index (χ4v) is 2.29. The topological polar surface area (TPSA) is 105 Å². The molecule has 0 unspecified atom stereocenters. The van der Waals surface area contributed by atoms with Crippen LogP contribution >= 0.6 is 0 Å². The van der Waals surface area contributed by atoms with E-state index in [0.29, 0.717) is 23.3 Å². The summed E-state index contributed by atoms with van der Waals surface area (Å²) in [6.45, 7) is -0.285. The zero-order chi connectivity index (χ0) is 18.4. The van der Waals surface area contributed by atoms with E-state index in [0.717, 1.165) is 6.07 Å². The highest BCUT2D eigenvalue weighted by molar-refractivity contribution is 5.78. The summed E-state index contributed by atoms with van der Waals surface area (Å²) in [6.07, 6.45) is 3.10. The van der Waals surface area contributed by atoms with Crippen LogP contribution in [0.1, 0.15) is 11.1 Å². The third-order valence-corrected chi connectivity index (χ3v) is 3.41. The number of carbonyl (C=O) groups excluding carboxylic acids is 1.